The van der Waals surface area contributed by atoms with Gasteiger partial charge in [0.1, 0.15) is 0 Å². The van der Waals surface area contributed by atoms with E-state index in [4.69, 9.17) is 19.5 Å². The zero-order valence-electron chi connectivity index (χ0n) is 30.2. The Hall–Kier alpha value is -6.56. The van der Waals surface area contributed by atoms with Crippen molar-refractivity contribution in [3.8, 4) is 0 Å². The molecule has 0 radical (unpaired) electrons. The summed E-state index contributed by atoms with van der Waals surface area (Å²) in [4.78, 5) is 35.5. The molecule has 0 saturated heterocycles. The molecule has 0 spiro atoms. The van der Waals surface area contributed by atoms with Crippen LogP contribution in [0, 0.1) is 0 Å². The number of nitrogens with one attached hydrogen (secondary N) is 6. The molecule has 0 atom stereocenters. The Morgan fingerprint density at radius 1 is 0.538 bits per heavy atom. The van der Waals surface area contributed by atoms with E-state index in [0.29, 0.717) is 56.7 Å². The van der Waals surface area contributed by atoms with Crippen molar-refractivity contribution in [2.24, 2.45) is 9.98 Å². The summed E-state index contributed by atoms with van der Waals surface area (Å²) in [5.41, 5.74) is 21.9. The van der Waals surface area contributed by atoms with Gasteiger partial charge in [0.05, 0.1) is 81.3 Å². The SMILES string of the molecule is CCOC(=O)c1ccccc1NN/C1=C(/C)Nc2ccccc2N=C(C)/C(NNc2ccccc2C(=O)OCC)=C(\C)Nc2ccccc2N=C1C. The minimum atomic E-state index is -0.425. The molecule has 12 nitrogen and oxygen atoms in total. The van der Waals surface area contributed by atoms with Crippen LogP contribution in [0.1, 0.15) is 62.3 Å². The molecule has 4 aromatic rings. The van der Waals surface area contributed by atoms with Gasteiger partial charge in [-0.1, -0.05) is 48.5 Å². The lowest BCUT2D eigenvalue weighted by atomic mass is 10.1. The number of hydrazine groups is 2. The lowest BCUT2D eigenvalue weighted by Crippen LogP contribution is -2.29. The van der Waals surface area contributed by atoms with Crippen molar-refractivity contribution < 1.29 is 19.1 Å². The van der Waals surface area contributed by atoms with Crippen LogP contribution in [0.4, 0.5) is 34.1 Å². The average molecular weight is 701 g/mol. The van der Waals surface area contributed by atoms with Gasteiger partial charge in [0.15, 0.2) is 0 Å². The third-order valence-electron chi connectivity index (χ3n) is 7.99. The van der Waals surface area contributed by atoms with Crippen molar-refractivity contribution in [3.05, 3.63) is 131 Å². The first-order chi connectivity index (χ1) is 25.2. The lowest BCUT2D eigenvalue weighted by Gasteiger charge is -2.22. The Morgan fingerprint density at radius 2 is 0.904 bits per heavy atom. The number of para-hydroxylation sites is 6. The highest BCUT2D eigenvalue weighted by atomic mass is 16.5. The number of carbonyl (C=O) groups excluding carboxylic acids is 2. The molecular formula is C40H44N8O4. The van der Waals surface area contributed by atoms with Crippen LogP contribution in [0.2, 0.25) is 0 Å². The average Bonchev–Trinajstić information content (AvgIpc) is 3.13. The molecule has 0 fully saturated rings. The van der Waals surface area contributed by atoms with Gasteiger partial charge >= 0.3 is 11.9 Å². The molecule has 12 heteroatoms. The van der Waals surface area contributed by atoms with E-state index in [1.54, 1.807) is 50.2 Å². The minimum absolute atomic E-state index is 0.265. The number of hydrogen-bond donors (Lipinski definition) is 6. The normalized spacial score (nSPS) is 15.9. The number of esters is 2. The highest BCUT2D eigenvalue weighted by Crippen LogP contribution is 2.31. The van der Waals surface area contributed by atoms with Crippen molar-refractivity contribution in [1.82, 2.24) is 10.9 Å². The van der Waals surface area contributed by atoms with E-state index in [9.17, 15) is 9.59 Å². The van der Waals surface area contributed by atoms with Crippen LogP contribution in [0.15, 0.2) is 130 Å². The van der Waals surface area contributed by atoms with Gasteiger partial charge in [-0.2, -0.15) is 0 Å². The van der Waals surface area contributed by atoms with Crippen molar-refractivity contribution in [1.29, 1.82) is 0 Å². The van der Waals surface area contributed by atoms with Crippen LogP contribution in [-0.2, 0) is 9.47 Å². The second kappa shape index (κ2) is 17.4. The quantitative estimate of drug-likeness (QED) is 0.0703. The van der Waals surface area contributed by atoms with Crippen molar-refractivity contribution in [2.75, 3.05) is 34.7 Å². The Labute approximate surface area is 304 Å². The molecule has 0 aromatic heterocycles. The number of anilines is 4. The Kier molecular flexibility index (Phi) is 12.3. The van der Waals surface area contributed by atoms with Crippen LogP contribution in [0.3, 0.4) is 0 Å². The highest BCUT2D eigenvalue weighted by molar-refractivity contribution is 6.04. The van der Waals surface area contributed by atoms with Crippen LogP contribution in [-0.4, -0.2) is 36.6 Å². The minimum Gasteiger partial charge on any atom is -0.462 e. The first kappa shape index (κ1) is 36.7. The Morgan fingerprint density at radius 3 is 1.31 bits per heavy atom. The van der Waals surface area contributed by atoms with E-state index in [-0.39, 0.29) is 13.2 Å². The fourth-order valence-corrected chi connectivity index (χ4v) is 5.48. The van der Waals surface area contributed by atoms with Gasteiger partial charge in [-0.25, -0.2) is 19.6 Å². The second-order valence-corrected chi connectivity index (χ2v) is 11.7. The number of carbonyl (C=O) groups is 2. The summed E-state index contributed by atoms with van der Waals surface area (Å²) in [5, 5.41) is 7.06. The molecule has 0 unspecified atom stereocenters. The van der Waals surface area contributed by atoms with Gasteiger partial charge in [0.2, 0.25) is 0 Å². The molecule has 1 aliphatic heterocycles. The van der Waals surface area contributed by atoms with Crippen LogP contribution < -0.4 is 32.3 Å². The zero-order chi connectivity index (χ0) is 37.0. The molecule has 6 N–H and O–H groups in total. The molecule has 1 heterocycles. The van der Waals surface area contributed by atoms with E-state index < -0.39 is 11.9 Å². The maximum absolute atomic E-state index is 12.7. The summed E-state index contributed by atoms with van der Waals surface area (Å²) >= 11 is 0. The Balaban J connectivity index is 1.57. The van der Waals surface area contributed by atoms with E-state index in [1.165, 1.54) is 0 Å². The monoisotopic (exact) mass is 700 g/mol. The molecule has 0 amide bonds. The van der Waals surface area contributed by atoms with E-state index >= 15 is 0 Å². The number of nitrogens with zero attached hydrogens (tertiary/aromatic N) is 2. The van der Waals surface area contributed by atoms with Crippen molar-refractivity contribution in [3.63, 3.8) is 0 Å². The predicted molar refractivity (Wildman–Crippen MR) is 209 cm³/mol. The maximum Gasteiger partial charge on any atom is 0.340 e. The maximum atomic E-state index is 12.7. The third-order valence-corrected chi connectivity index (χ3v) is 7.99. The predicted octanol–water partition coefficient (Wildman–Crippen LogP) is 8.46. The number of benzene rings is 4. The number of allylic oxidation sites excluding steroid dienone is 4. The van der Waals surface area contributed by atoms with E-state index in [0.717, 1.165) is 22.8 Å². The standard InChI is InChI=1S/C40H44N8O4/c1-7-51-39(49)29-17-9-11-19-31(29)45-47-37-25(3)41-33-21-13-15-23-35(33)43-27(5)38(28(6)44-36-24-16-14-22-34(36)42-26(37)4)48-46-32-20-12-10-18-30(32)40(50)52-8-2/h9-24,41,44-48H,7-8H2,1-6H3/b37-25-,38-28-,42-26?,43-27?. The number of fused-ring (bicyclic) bond motifs is 2. The van der Waals surface area contributed by atoms with E-state index in [2.05, 4.69) is 32.3 Å². The van der Waals surface area contributed by atoms with Crippen LogP contribution in [0.5, 0.6) is 0 Å². The molecule has 0 saturated carbocycles. The van der Waals surface area contributed by atoms with Crippen LogP contribution >= 0.6 is 0 Å². The first-order valence-electron chi connectivity index (χ1n) is 17.0. The molecule has 1 aliphatic rings. The third kappa shape index (κ3) is 8.96. The topological polar surface area (TPSA) is 150 Å². The van der Waals surface area contributed by atoms with E-state index in [1.807, 2.05) is 88.4 Å². The number of ether oxygens (including phenoxy) is 2. The number of hydrogen-bond acceptors (Lipinski definition) is 12. The number of rotatable bonds is 10. The fourth-order valence-electron chi connectivity index (χ4n) is 5.48. The molecule has 0 bridgehead atoms. The fraction of sp³-hybridized carbons (Fsp3) is 0.200. The summed E-state index contributed by atoms with van der Waals surface area (Å²) in [6.07, 6.45) is 0. The van der Waals surface area contributed by atoms with Gasteiger partial charge in [-0.05, 0) is 90.1 Å². The van der Waals surface area contributed by atoms with Gasteiger partial charge in [0, 0.05) is 11.4 Å². The highest BCUT2D eigenvalue weighted by Gasteiger charge is 2.18. The van der Waals surface area contributed by atoms with Crippen LogP contribution in [0.25, 0.3) is 0 Å². The molecule has 52 heavy (non-hydrogen) atoms. The summed E-state index contributed by atoms with van der Waals surface area (Å²) in [7, 11) is 0. The van der Waals surface area contributed by atoms with Gasteiger partial charge < -0.3 is 20.1 Å². The van der Waals surface area contributed by atoms with Gasteiger partial charge in [-0.15, -0.1) is 0 Å². The van der Waals surface area contributed by atoms with Gasteiger partial charge in [-0.3, -0.25) is 21.7 Å². The molecule has 0 aliphatic carbocycles. The summed E-state index contributed by atoms with van der Waals surface area (Å²) in [6, 6.07) is 29.7. The molecule has 4 aromatic carbocycles. The second-order valence-electron chi connectivity index (χ2n) is 11.7. The van der Waals surface area contributed by atoms with Crippen molar-refractivity contribution in [2.45, 2.75) is 41.5 Å². The smallest absolute Gasteiger partial charge is 0.340 e. The zero-order valence-corrected chi connectivity index (χ0v) is 30.2. The lowest BCUT2D eigenvalue weighted by molar-refractivity contribution is 0.0517. The number of aliphatic imine (C=N–C) groups is 2. The molecule has 268 valence electrons. The molecule has 5 rings (SSSR count). The summed E-state index contributed by atoms with van der Waals surface area (Å²) < 4.78 is 10.6. The van der Waals surface area contributed by atoms with Crippen molar-refractivity contribution >= 4 is 57.5 Å². The molecular weight excluding hydrogens is 656 g/mol. The summed E-state index contributed by atoms with van der Waals surface area (Å²) in [6.45, 7) is 11.8. The largest absolute Gasteiger partial charge is 0.462 e. The summed E-state index contributed by atoms with van der Waals surface area (Å²) in [5.74, 6) is -0.851. The Bertz CT molecular complexity index is 1920. The van der Waals surface area contributed by atoms with Gasteiger partial charge in [0.25, 0.3) is 0 Å². The first-order valence-corrected chi connectivity index (χ1v) is 17.0.